The fourth-order valence-corrected chi connectivity index (χ4v) is 1.06. The van der Waals surface area contributed by atoms with Gasteiger partial charge in [-0.05, 0) is 13.3 Å². The van der Waals surface area contributed by atoms with Crippen molar-refractivity contribution in [2.45, 2.75) is 19.4 Å². The molecule has 0 saturated carbocycles. The van der Waals surface area contributed by atoms with E-state index < -0.39 is 10.8 Å². The lowest BCUT2D eigenvalue weighted by molar-refractivity contribution is 0.671. The van der Waals surface area contributed by atoms with Gasteiger partial charge < -0.3 is 5.73 Å². The molecule has 3 heteroatoms. The van der Waals surface area contributed by atoms with E-state index in [0.29, 0.717) is 0 Å². The smallest absolute Gasteiger partial charge is 0.0246 e. The Morgan fingerprint density at radius 3 is 2.38 bits per heavy atom. The highest BCUT2D eigenvalue weighted by atomic mass is 32.2. The highest BCUT2D eigenvalue weighted by Gasteiger charge is 1.94. The van der Waals surface area contributed by atoms with E-state index in [0.717, 1.165) is 12.2 Å². The monoisotopic (exact) mass is 135 g/mol. The van der Waals surface area contributed by atoms with Crippen LogP contribution in [0.2, 0.25) is 0 Å². The van der Waals surface area contributed by atoms with Crippen molar-refractivity contribution in [1.82, 2.24) is 0 Å². The first-order valence-corrected chi connectivity index (χ1v) is 4.41. The Labute approximate surface area is 52.9 Å². The Balaban J connectivity index is 3.05. The lowest BCUT2D eigenvalue weighted by Crippen LogP contribution is -2.17. The van der Waals surface area contributed by atoms with Crippen molar-refractivity contribution >= 4 is 10.8 Å². The van der Waals surface area contributed by atoms with Gasteiger partial charge in [0.05, 0.1) is 0 Å². The van der Waals surface area contributed by atoms with Crippen LogP contribution < -0.4 is 5.73 Å². The molecule has 0 aromatic carbocycles. The summed E-state index contributed by atoms with van der Waals surface area (Å²) in [6, 6.07) is 0.193. The first kappa shape index (κ1) is 8.11. The summed E-state index contributed by atoms with van der Waals surface area (Å²) in [5.41, 5.74) is 5.41. The summed E-state index contributed by atoms with van der Waals surface area (Å²) < 4.78 is 10.4. The van der Waals surface area contributed by atoms with Crippen LogP contribution in [0.3, 0.4) is 0 Å². The van der Waals surface area contributed by atoms with Gasteiger partial charge in [-0.25, -0.2) is 0 Å². The minimum atomic E-state index is -0.666. The van der Waals surface area contributed by atoms with Crippen LogP contribution in [0.1, 0.15) is 13.3 Å². The van der Waals surface area contributed by atoms with Gasteiger partial charge in [-0.2, -0.15) is 0 Å². The van der Waals surface area contributed by atoms with Gasteiger partial charge in [0, 0.05) is 28.9 Å². The van der Waals surface area contributed by atoms with Gasteiger partial charge in [0.15, 0.2) is 0 Å². The predicted octanol–water partition coefficient (Wildman–Crippen LogP) is 0.102. The quantitative estimate of drug-likeness (QED) is 0.596. The molecule has 0 saturated heterocycles. The molecule has 0 fully saturated rings. The van der Waals surface area contributed by atoms with Crippen LogP contribution in [0, 0.1) is 0 Å². The number of hydrogen-bond donors (Lipinski definition) is 1. The first-order chi connectivity index (χ1) is 3.63. The van der Waals surface area contributed by atoms with Crippen LogP contribution in [-0.2, 0) is 10.8 Å². The zero-order valence-corrected chi connectivity index (χ0v) is 6.20. The van der Waals surface area contributed by atoms with Crippen LogP contribution in [0.5, 0.6) is 0 Å². The largest absolute Gasteiger partial charge is 0.328 e. The van der Waals surface area contributed by atoms with E-state index in [2.05, 4.69) is 0 Å². The van der Waals surface area contributed by atoms with Gasteiger partial charge in [-0.3, -0.25) is 4.21 Å². The number of nitrogens with two attached hydrogens (primary N) is 1. The summed E-state index contributed by atoms with van der Waals surface area (Å²) in [4.78, 5) is 0. The fourth-order valence-electron chi connectivity index (χ4n) is 0.352. The van der Waals surface area contributed by atoms with Crippen LogP contribution in [0.15, 0.2) is 0 Å². The van der Waals surface area contributed by atoms with Crippen molar-refractivity contribution < 1.29 is 4.21 Å². The second-order valence-corrected chi connectivity index (χ2v) is 3.60. The zero-order valence-electron chi connectivity index (χ0n) is 5.39. The lowest BCUT2D eigenvalue weighted by Gasteiger charge is -1.99. The molecule has 0 radical (unpaired) electrons. The summed E-state index contributed by atoms with van der Waals surface area (Å²) in [5, 5.41) is 0. The molecule has 0 aromatic rings. The van der Waals surface area contributed by atoms with Crippen LogP contribution in [0.25, 0.3) is 0 Å². The summed E-state index contributed by atoms with van der Waals surface area (Å²) in [5.74, 6) is 0.734. The maximum Gasteiger partial charge on any atom is 0.0246 e. The third-order valence-corrected chi connectivity index (χ3v) is 1.67. The first-order valence-electron chi connectivity index (χ1n) is 2.68. The molecule has 2 N–H and O–H groups in total. The third-order valence-electron chi connectivity index (χ3n) is 0.861. The SMILES string of the molecule is C[C@@H](N)CC[S@@](C)=O. The zero-order chi connectivity index (χ0) is 6.57. The Bertz CT molecular complexity index is 82.5. The predicted molar refractivity (Wildman–Crippen MR) is 37.2 cm³/mol. The molecule has 2 atom stereocenters. The molecule has 0 unspecified atom stereocenters. The molecule has 0 heterocycles. The van der Waals surface area contributed by atoms with E-state index in [1.807, 2.05) is 6.92 Å². The number of rotatable bonds is 3. The van der Waals surface area contributed by atoms with E-state index in [4.69, 9.17) is 5.73 Å². The third kappa shape index (κ3) is 6.11. The molecule has 0 aliphatic heterocycles. The van der Waals surface area contributed by atoms with E-state index in [-0.39, 0.29) is 6.04 Å². The van der Waals surface area contributed by atoms with Crippen LogP contribution >= 0.6 is 0 Å². The van der Waals surface area contributed by atoms with Crippen molar-refractivity contribution in [2.75, 3.05) is 12.0 Å². The maximum absolute atomic E-state index is 10.4. The van der Waals surface area contributed by atoms with Crippen LogP contribution in [0.4, 0.5) is 0 Å². The molecule has 2 nitrogen and oxygen atoms in total. The molecule has 50 valence electrons. The van der Waals surface area contributed by atoms with E-state index in [1.165, 1.54) is 0 Å². The topological polar surface area (TPSA) is 43.1 Å². The van der Waals surface area contributed by atoms with Gasteiger partial charge in [-0.15, -0.1) is 0 Å². The minimum absolute atomic E-state index is 0.193. The summed E-state index contributed by atoms with van der Waals surface area (Å²) >= 11 is 0. The molecular weight excluding hydrogens is 122 g/mol. The van der Waals surface area contributed by atoms with Gasteiger partial charge in [0.2, 0.25) is 0 Å². The average Bonchev–Trinajstić information content (AvgIpc) is 1.61. The highest BCUT2D eigenvalue weighted by Crippen LogP contribution is 1.86. The van der Waals surface area contributed by atoms with Gasteiger partial charge >= 0.3 is 0 Å². The van der Waals surface area contributed by atoms with Gasteiger partial charge in [0.25, 0.3) is 0 Å². The van der Waals surface area contributed by atoms with Crippen molar-refractivity contribution in [1.29, 1.82) is 0 Å². The van der Waals surface area contributed by atoms with Crippen molar-refractivity contribution in [3.8, 4) is 0 Å². The molecule has 0 amide bonds. The van der Waals surface area contributed by atoms with Crippen molar-refractivity contribution in [3.63, 3.8) is 0 Å². The van der Waals surface area contributed by atoms with E-state index in [1.54, 1.807) is 6.26 Å². The normalized spacial score (nSPS) is 17.9. The second-order valence-electron chi connectivity index (χ2n) is 2.04. The van der Waals surface area contributed by atoms with Crippen molar-refractivity contribution in [2.24, 2.45) is 5.73 Å². The molecule has 0 aliphatic carbocycles. The Morgan fingerprint density at radius 2 is 2.25 bits per heavy atom. The Hall–Kier alpha value is 0.110. The minimum Gasteiger partial charge on any atom is -0.328 e. The standard InChI is InChI=1S/C5H13NOS/c1-5(6)3-4-8(2)7/h5H,3-4,6H2,1-2H3/t5-,8-/m1/s1. The molecule has 0 rings (SSSR count). The summed E-state index contributed by atoms with van der Waals surface area (Å²) in [6.45, 7) is 1.92. The van der Waals surface area contributed by atoms with Gasteiger partial charge in [-0.1, -0.05) is 0 Å². The molecule has 0 aromatic heterocycles. The van der Waals surface area contributed by atoms with E-state index >= 15 is 0 Å². The van der Waals surface area contributed by atoms with Crippen LogP contribution in [-0.4, -0.2) is 22.3 Å². The maximum atomic E-state index is 10.4. The summed E-state index contributed by atoms with van der Waals surface area (Å²) in [7, 11) is -0.666. The second kappa shape index (κ2) is 4.04. The van der Waals surface area contributed by atoms with E-state index in [9.17, 15) is 4.21 Å². The molecule has 0 spiro atoms. The Kier molecular flexibility index (Phi) is 4.09. The summed E-state index contributed by atoms with van der Waals surface area (Å²) in [6.07, 6.45) is 2.56. The Morgan fingerprint density at radius 1 is 1.75 bits per heavy atom. The van der Waals surface area contributed by atoms with Gasteiger partial charge in [0.1, 0.15) is 0 Å². The van der Waals surface area contributed by atoms with Crippen molar-refractivity contribution in [3.05, 3.63) is 0 Å². The molecule has 0 aliphatic rings. The molecule has 8 heavy (non-hydrogen) atoms. The average molecular weight is 135 g/mol. The molecule has 0 bridgehead atoms. The fraction of sp³-hybridized carbons (Fsp3) is 1.00. The highest BCUT2D eigenvalue weighted by molar-refractivity contribution is 7.84. The number of hydrogen-bond acceptors (Lipinski definition) is 2. The molecular formula is C5H13NOS. The lowest BCUT2D eigenvalue weighted by atomic mass is 10.3.